The van der Waals surface area contributed by atoms with E-state index in [2.05, 4.69) is 9.97 Å². The maximum absolute atomic E-state index is 16.6. The summed E-state index contributed by atoms with van der Waals surface area (Å²) in [5.74, 6) is -0.304. The maximum Gasteiger partial charge on any atom is 0.410 e. The van der Waals surface area contributed by atoms with Gasteiger partial charge in [0.2, 0.25) is 0 Å². The highest BCUT2D eigenvalue weighted by molar-refractivity contribution is 6.35. The zero-order valence-electron chi connectivity index (χ0n) is 24.7. The molecule has 10 nitrogen and oxygen atoms in total. The second-order valence-electron chi connectivity index (χ2n) is 11.2. The molecule has 228 valence electrons. The van der Waals surface area contributed by atoms with E-state index in [4.69, 9.17) is 30.5 Å². The minimum absolute atomic E-state index is 0.00669. The number of hydrogen-bond acceptors (Lipinski definition) is 9. The average Bonchev–Trinajstić information content (AvgIpc) is 2.97. The Bertz CT molecular complexity index is 1650. The molecule has 0 bridgehead atoms. The first-order valence-corrected chi connectivity index (χ1v) is 14.2. The van der Waals surface area contributed by atoms with Crippen LogP contribution in [0.4, 0.5) is 15.0 Å². The lowest BCUT2D eigenvalue weighted by Gasteiger charge is -2.36. The number of aromatic nitrogens is 2. The topological polar surface area (TPSA) is 106 Å². The monoisotopic (exact) mass is 612 g/mol. The van der Waals surface area contributed by atoms with Crippen LogP contribution in [0.15, 0.2) is 42.5 Å². The van der Waals surface area contributed by atoms with E-state index < -0.39 is 23.8 Å². The van der Waals surface area contributed by atoms with Crippen LogP contribution in [0.25, 0.3) is 32.8 Å². The molecule has 2 heterocycles. The van der Waals surface area contributed by atoms with Gasteiger partial charge in [-0.15, -0.1) is 0 Å². The van der Waals surface area contributed by atoms with Gasteiger partial charge >= 0.3 is 12.1 Å². The molecule has 0 saturated carbocycles. The molecule has 12 heteroatoms. The molecule has 1 aliphatic heterocycles. The molecule has 0 atom stereocenters. The number of benzene rings is 3. The summed E-state index contributed by atoms with van der Waals surface area (Å²) in [5.41, 5.74) is -0.100. The van der Waals surface area contributed by atoms with E-state index >= 15 is 4.39 Å². The molecular weight excluding hydrogens is 579 g/mol. The fourth-order valence-corrected chi connectivity index (χ4v) is 5.31. The molecule has 3 aromatic carbocycles. The summed E-state index contributed by atoms with van der Waals surface area (Å²) >= 11 is 6.78. The quantitative estimate of drug-likeness (QED) is 0.251. The number of amides is 1. The van der Waals surface area contributed by atoms with Crippen molar-refractivity contribution < 1.29 is 33.2 Å². The molecule has 1 saturated heterocycles. The van der Waals surface area contributed by atoms with Crippen LogP contribution >= 0.6 is 11.6 Å². The van der Waals surface area contributed by atoms with Crippen molar-refractivity contribution in [3.63, 3.8) is 0 Å². The van der Waals surface area contributed by atoms with Gasteiger partial charge in [-0.05, 0) is 55.3 Å². The zero-order valence-corrected chi connectivity index (χ0v) is 25.4. The van der Waals surface area contributed by atoms with Gasteiger partial charge in [0.05, 0.1) is 5.02 Å². The number of hydrogen-bond donors (Lipinski definition) is 1. The Hall–Kier alpha value is -3.93. The van der Waals surface area contributed by atoms with Crippen molar-refractivity contribution in [1.82, 2.24) is 14.9 Å². The standard InChI is InChI=1S/C31H34ClFN4O6/c1-31(2,3)43-30(39)37-12-10-36(11-13-37)28-22-16-23(32)25(21-15-19(38)14-18-8-6-7-9-20(18)21)26(33)27(22)34-29(35-28)42-17-24(40-4)41-5/h6-9,14-16,24,38H,10-13,17H2,1-5H3. The third-order valence-corrected chi connectivity index (χ3v) is 7.36. The number of carbonyl (C=O) groups excluding carboxylic acids is 1. The molecule has 1 fully saturated rings. The molecule has 4 aromatic rings. The molecule has 1 aliphatic rings. The first-order valence-electron chi connectivity index (χ1n) is 13.8. The molecule has 0 radical (unpaired) electrons. The van der Waals surface area contributed by atoms with Crippen LogP contribution in [0, 0.1) is 5.82 Å². The minimum Gasteiger partial charge on any atom is -0.508 e. The summed E-state index contributed by atoms with van der Waals surface area (Å²) in [7, 11) is 2.95. The molecule has 0 spiro atoms. The Morgan fingerprint density at radius 3 is 2.42 bits per heavy atom. The van der Waals surface area contributed by atoms with Crippen molar-refractivity contribution in [3.8, 4) is 22.9 Å². The van der Waals surface area contributed by atoms with Crippen LogP contribution in [0.2, 0.25) is 5.02 Å². The van der Waals surface area contributed by atoms with Gasteiger partial charge in [0, 0.05) is 51.3 Å². The first-order chi connectivity index (χ1) is 20.5. The number of phenolic OH excluding ortho intramolecular Hbond substituents is 1. The van der Waals surface area contributed by atoms with Crippen LogP contribution in [-0.4, -0.2) is 85.0 Å². The van der Waals surface area contributed by atoms with Crippen LogP contribution < -0.4 is 9.64 Å². The summed E-state index contributed by atoms with van der Waals surface area (Å²) in [4.78, 5) is 25.3. The van der Waals surface area contributed by atoms with Crippen molar-refractivity contribution in [2.24, 2.45) is 0 Å². The lowest BCUT2D eigenvalue weighted by atomic mass is 9.96. The van der Waals surface area contributed by atoms with Gasteiger partial charge in [0.1, 0.15) is 29.3 Å². The highest BCUT2D eigenvalue weighted by Crippen LogP contribution is 2.42. The number of fused-ring (bicyclic) bond motifs is 2. The third kappa shape index (κ3) is 6.53. The van der Waals surface area contributed by atoms with E-state index in [1.165, 1.54) is 20.3 Å². The van der Waals surface area contributed by atoms with E-state index in [9.17, 15) is 9.90 Å². The molecule has 0 unspecified atom stereocenters. The number of methoxy groups -OCH3 is 2. The number of piperazine rings is 1. The van der Waals surface area contributed by atoms with Gasteiger partial charge in [-0.1, -0.05) is 35.9 Å². The second-order valence-corrected chi connectivity index (χ2v) is 11.6. The normalized spacial score (nSPS) is 14.1. The molecule has 0 aliphatic carbocycles. The fourth-order valence-electron chi connectivity index (χ4n) is 5.02. The fraction of sp³-hybridized carbons (Fsp3) is 0.387. The van der Waals surface area contributed by atoms with Crippen LogP contribution in [0.1, 0.15) is 20.8 Å². The summed E-state index contributed by atoms with van der Waals surface area (Å²) < 4.78 is 38.4. The molecule has 43 heavy (non-hydrogen) atoms. The van der Waals surface area contributed by atoms with E-state index in [1.54, 1.807) is 17.0 Å². The lowest BCUT2D eigenvalue weighted by molar-refractivity contribution is -0.123. The third-order valence-electron chi connectivity index (χ3n) is 7.06. The minimum atomic E-state index is -0.690. The second kappa shape index (κ2) is 12.4. The number of aromatic hydroxyl groups is 1. The Labute approximate surface area is 253 Å². The van der Waals surface area contributed by atoms with Crippen molar-refractivity contribution in [1.29, 1.82) is 0 Å². The number of rotatable bonds is 7. The molecule has 1 N–H and O–H groups in total. The largest absolute Gasteiger partial charge is 0.508 e. The average molecular weight is 613 g/mol. The van der Waals surface area contributed by atoms with E-state index in [1.807, 2.05) is 49.9 Å². The van der Waals surface area contributed by atoms with Crippen molar-refractivity contribution >= 4 is 45.2 Å². The number of ether oxygens (including phenoxy) is 4. The summed E-state index contributed by atoms with van der Waals surface area (Å²) in [6.45, 7) is 6.97. The highest BCUT2D eigenvalue weighted by atomic mass is 35.5. The Morgan fingerprint density at radius 2 is 1.74 bits per heavy atom. The number of nitrogens with zero attached hydrogens (tertiary/aromatic N) is 4. The number of phenols is 1. The molecular formula is C31H34ClFN4O6. The summed E-state index contributed by atoms with van der Waals surface area (Å²) in [6, 6.07) is 12.0. The van der Waals surface area contributed by atoms with Gasteiger partial charge < -0.3 is 33.9 Å². The van der Waals surface area contributed by atoms with Crippen molar-refractivity contribution in [3.05, 3.63) is 53.3 Å². The van der Waals surface area contributed by atoms with Crippen molar-refractivity contribution in [2.75, 3.05) is 51.9 Å². The first kappa shape index (κ1) is 30.5. The zero-order chi connectivity index (χ0) is 30.9. The molecule has 5 rings (SSSR count). The Kier molecular flexibility index (Phi) is 8.77. The van der Waals surface area contributed by atoms with E-state index in [-0.39, 0.29) is 34.5 Å². The number of anilines is 1. The van der Waals surface area contributed by atoms with Crippen LogP contribution in [-0.2, 0) is 14.2 Å². The Morgan fingerprint density at radius 1 is 1.05 bits per heavy atom. The van der Waals surface area contributed by atoms with Gasteiger partial charge in [-0.3, -0.25) is 0 Å². The smallest absolute Gasteiger partial charge is 0.410 e. The number of halogens is 2. The van der Waals surface area contributed by atoms with E-state index in [0.717, 1.165) is 5.39 Å². The van der Waals surface area contributed by atoms with Crippen LogP contribution in [0.5, 0.6) is 11.8 Å². The van der Waals surface area contributed by atoms with Gasteiger partial charge in [-0.25, -0.2) is 9.18 Å². The predicted octanol–water partition coefficient (Wildman–Crippen LogP) is 6.00. The number of carbonyl (C=O) groups is 1. The van der Waals surface area contributed by atoms with Crippen molar-refractivity contribution in [2.45, 2.75) is 32.7 Å². The van der Waals surface area contributed by atoms with Gasteiger partial charge in [0.15, 0.2) is 12.1 Å². The summed E-state index contributed by atoms with van der Waals surface area (Å²) in [5, 5.41) is 12.4. The lowest BCUT2D eigenvalue weighted by Crippen LogP contribution is -2.50. The van der Waals surface area contributed by atoms with Gasteiger partial charge in [-0.2, -0.15) is 9.97 Å². The van der Waals surface area contributed by atoms with E-state index in [0.29, 0.717) is 48.3 Å². The van der Waals surface area contributed by atoms with Gasteiger partial charge in [0.25, 0.3) is 0 Å². The van der Waals surface area contributed by atoms with Crippen LogP contribution in [0.3, 0.4) is 0 Å². The maximum atomic E-state index is 16.6. The molecule has 1 aromatic heterocycles. The SMILES string of the molecule is COC(COc1nc(N2CCN(C(=O)OC(C)(C)C)CC2)c2cc(Cl)c(-c3cc(O)cc4ccccc34)c(F)c2n1)OC. The highest BCUT2D eigenvalue weighted by Gasteiger charge is 2.29. The molecule has 1 amide bonds. The predicted molar refractivity (Wildman–Crippen MR) is 162 cm³/mol. The Balaban J connectivity index is 1.59. The summed E-state index contributed by atoms with van der Waals surface area (Å²) in [6.07, 6.45) is -1.09.